The molecule has 7 nitrogen and oxygen atoms in total. The molecular formula is C18H15N3O4. The van der Waals surface area contributed by atoms with Gasteiger partial charge in [0.15, 0.2) is 0 Å². The van der Waals surface area contributed by atoms with Crippen LogP contribution in [0.4, 0.5) is 17.1 Å². The highest BCUT2D eigenvalue weighted by molar-refractivity contribution is 5.62. The summed E-state index contributed by atoms with van der Waals surface area (Å²) in [7, 11) is 0. The van der Waals surface area contributed by atoms with Crippen LogP contribution < -0.4 is 5.32 Å². The third-order valence-electron chi connectivity index (χ3n) is 4.99. The first-order valence-electron chi connectivity index (χ1n) is 8.00. The van der Waals surface area contributed by atoms with Crippen LogP contribution in [0.15, 0.2) is 54.6 Å². The summed E-state index contributed by atoms with van der Waals surface area (Å²) in [5.74, 6) is 0.247. The lowest BCUT2D eigenvalue weighted by molar-refractivity contribution is -0.385. The molecule has 126 valence electrons. The lowest BCUT2D eigenvalue weighted by atomic mass is 9.77. The van der Waals surface area contributed by atoms with Gasteiger partial charge < -0.3 is 5.32 Å². The molecule has 0 radical (unpaired) electrons. The first-order valence-corrected chi connectivity index (χ1v) is 8.00. The number of nitro benzene ring substituents is 2. The highest BCUT2D eigenvalue weighted by Crippen LogP contribution is 2.50. The highest BCUT2D eigenvalue weighted by atomic mass is 16.6. The molecule has 1 N–H and O–H groups in total. The van der Waals surface area contributed by atoms with Crippen LogP contribution in [0.3, 0.4) is 0 Å². The van der Waals surface area contributed by atoms with E-state index >= 15 is 0 Å². The zero-order valence-electron chi connectivity index (χ0n) is 13.2. The van der Waals surface area contributed by atoms with Gasteiger partial charge >= 0.3 is 0 Å². The van der Waals surface area contributed by atoms with Gasteiger partial charge in [-0.3, -0.25) is 20.2 Å². The summed E-state index contributed by atoms with van der Waals surface area (Å²) in [6.45, 7) is 0. The Morgan fingerprint density at radius 3 is 2.52 bits per heavy atom. The monoisotopic (exact) mass is 337 g/mol. The molecule has 0 aromatic heterocycles. The van der Waals surface area contributed by atoms with E-state index in [0.29, 0.717) is 0 Å². The van der Waals surface area contributed by atoms with Crippen molar-refractivity contribution in [1.82, 2.24) is 0 Å². The maximum atomic E-state index is 11.1. The summed E-state index contributed by atoms with van der Waals surface area (Å²) in [5.41, 5.74) is 2.78. The number of nitro groups is 2. The second kappa shape index (κ2) is 5.70. The van der Waals surface area contributed by atoms with Crippen molar-refractivity contribution in [3.05, 3.63) is 86.0 Å². The summed E-state index contributed by atoms with van der Waals surface area (Å²) in [6.07, 6.45) is 4.99. The van der Waals surface area contributed by atoms with Gasteiger partial charge in [0.05, 0.1) is 15.9 Å². The molecule has 2 aliphatic rings. The summed E-state index contributed by atoms with van der Waals surface area (Å²) >= 11 is 0. The summed E-state index contributed by atoms with van der Waals surface area (Å²) < 4.78 is 0. The molecule has 3 atom stereocenters. The topological polar surface area (TPSA) is 98.3 Å². The minimum absolute atomic E-state index is 0.0623. The average molecular weight is 337 g/mol. The number of benzene rings is 2. The van der Waals surface area contributed by atoms with Crippen LogP contribution in [0, 0.1) is 26.1 Å². The quantitative estimate of drug-likeness (QED) is 0.510. The number of nitrogens with zero attached hydrogens (tertiary/aromatic N) is 2. The predicted molar refractivity (Wildman–Crippen MR) is 92.5 cm³/mol. The third-order valence-corrected chi connectivity index (χ3v) is 4.99. The third kappa shape index (κ3) is 2.53. The van der Waals surface area contributed by atoms with Crippen molar-refractivity contribution in [3.8, 4) is 0 Å². The predicted octanol–water partition coefficient (Wildman–Crippen LogP) is 4.33. The van der Waals surface area contributed by atoms with Gasteiger partial charge in [-0.25, -0.2) is 0 Å². The Labute approximate surface area is 143 Å². The molecule has 2 aromatic rings. The Balaban J connectivity index is 1.77. The highest BCUT2D eigenvalue weighted by Gasteiger charge is 2.38. The molecule has 0 spiro atoms. The molecule has 3 unspecified atom stereocenters. The fourth-order valence-electron chi connectivity index (χ4n) is 3.85. The lowest BCUT2D eigenvalue weighted by Gasteiger charge is -2.37. The number of allylic oxidation sites excluding steroid dienone is 1. The molecule has 2 aromatic carbocycles. The number of fused-ring (bicyclic) bond motifs is 3. The van der Waals surface area contributed by atoms with Crippen molar-refractivity contribution < 1.29 is 9.85 Å². The van der Waals surface area contributed by atoms with Crippen LogP contribution in [0.5, 0.6) is 0 Å². The minimum atomic E-state index is -0.397. The first kappa shape index (κ1) is 15.3. The minimum Gasteiger partial charge on any atom is -0.377 e. The van der Waals surface area contributed by atoms with Gasteiger partial charge in [0.2, 0.25) is 0 Å². The van der Waals surface area contributed by atoms with Crippen LogP contribution >= 0.6 is 0 Å². The van der Waals surface area contributed by atoms with E-state index in [1.165, 1.54) is 12.1 Å². The van der Waals surface area contributed by atoms with E-state index in [-0.39, 0.29) is 34.2 Å². The number of hydrogen-bond acceptors (Lipinski definition) is 5. The SMILES string of the molecule is O=[N+]([O-])c1cccc(C2Nc3ccc([N+](=O)[O-])cc3C3CC=CC32)c1. The van der Waals surface area contributed by atoms with Crippen LogP contribution in [-0.4, -0.2) is 9.85 Å². The molecule has 4 rings (SSSR count). The van der Waals surface area contributed by atoms with Crippen LogP contribution in [0.25, 0.3) is 0 Å². The van der Waals surface area contributed by atoms with Crippen LogP contribution in [-0.2, 0) is 0 Å². The second-order valence-corrected chi connectivity index (χ2v) is 6.35. The Morgan fingerprint density at radius 1 is 1.00 bits per heavy atom. The largest absolute Gasteiger partial charge is 0.377 e. The Morgan fingerprint density at radius 2 is 1.76 bits per heavy atom. The molecule has 1 aliphatic carbocycles. The van der Waals surface area contributed by atoms with Crippen LogP contribution in [0.2, 0.25) is 0 Å². The van der Waals surface area contributed by atoms with Gasteiger partial charge in [0.25, 0.3) is 11.4 Å². The molecule has 0 saturated heterocycles. The van der Waals surface area contributed by atoms with Gasteiger partial charge in [0.1, 0.15) is 0 Å². The fourth-order valence-corrected chi connectivity index (χ4v) is 3.85. The number of nitrogens with one attached hydrogen (secondary N) is 1. The van der Waals surface area contributed by atoms with E-state index in [2.05, 4.69) is 17.5 Å². The van der Waals surface area contributed by atoms with Crippen molar-refractivity contribution in [3.63, 3.8) is 0 Å². The van der Waals surface area contributed by atoms with Gasteiger partial charge in [-0.05, 0) is 29.5 Å². The van der Waals surface area contributed by atoms with Gasteiger partial charge in [0, 0.05) is 35.9 Å². The van der Waals surface area contributed by atoms with Gasteiger partial charge in [-0.15, -0.1) is 0 Å². The van der Waals surface area contributed by atoms with E-state index in [4.69, 9.17) is 0 Å². The molecule has 1 aliphatic heterocycles. The number of anilines is 1. The van der Waals surface area contributed by atoms with E-state index in [0.717, 1.165) is 23.2 Å². The maximum Gasteiger partial charge on any atom is 0.269 e. The van der Waals surface area contributed by atoms with Crippen molar-refractivity contribution in [2.75, 3.05) is 5.32 Å². The van der Waals surface area contributed by atoms with Gasteiger partial charge in [-0.1, -0.05) is 24.3 Å². The Bertz CT molecular complexity index is 909. The van der Waals surface area contributed by atoms with Crippen molar-refractivity contribution in [2.24, 2.45) is 5.92 Å². The van der Waals surface area contributed by atoms with Crippen molar-refractivity contribution in [2.45, 2.75) is 18.4 Å². The first-order chi connectivity index (χ1) is 12.0. The van der Waals surface area contributed by atoms with E-state index in [1.807, 2.05) is 6.07 Å². The molecule has 0 bridgehead atoms. The summed E-state index contributed by atoms with van der Waals surface area (Å²) in [5, 5.41) is 25.6. The molecule has 7 heteroatoms. The second-order valence-electron chi connectivity index (χ2n) is 6.35. The Hall–Kier alpha value is -3.22. The Kier molecular flexibility index (Phi) is 3.49. The zero-order valence-corrected chi connectivity index (χ0v) is 13.2. The van der Waals surface area contributed by atoms with E-state index in [1.54, 1.807) is 24.3 Å². The number of hydrogen-bond donors (Lipinski definition) is 1. The average Bonchev–Trinajstić information content (AvgIpc) is 3.10. The summed E-state index contributed by atoms with van der Waals surface area (Å²) in [4.78, 5) is 21.4. The molecule has 1 heterocycles. The van der Waals surface area contributed by atoms with Crippen LogP contribution in [0.1, 0.15) is 29.5 Å². The van der Waals surface area contributed by atoms with Crippen molar-refractivity contribution in [1.29, 1.82) is 0 Å². The summed E-state index contributed by atoms with van der Waals surface area (Å²) in [6, 6.07) is 11.4. The van der Waals surface area contributed by atoms with E-state index < -0.39 is 4.92 Å². The molecule has 25 heavy (non-hydrogen) atoms. The zero-order chi connectivity index (χ0) is 17.6. The fraction of sp³-hybridized carbons (Fsp3) is 0.222. The maximum absolute atomic E-state index is 11.1. The van der Waals surface area contributed by atoms with Gasteiger partial charge in [-0.2, -0.15) is 0 Å². The normalized spacial score (nSPS) is 23.4. The number of non-ortho nitro benzene ring substituents is 2. The lowest BCUT2D eigenvalue weighted by Crippen LogP contribution is -2.28. The molecule has 0 fully saturated rings. The van der Waals surface area contributed by atoms with E-state index in [9.17, 15) is 20.2 Å². The standard InChI is InChI=1S/C18H15N3O4/c22-20(23)12-4-1-3-11(9-12)18-15-6-2-5-14(15)16-10-13(21(24)25)7-8-17(16)19-18/h1-4,6-10,14-15,18-19H,5H2. The number of rotatable bonds is 3. The smallest absolute Gasteiger partial charge is 0.269 e. The van der Waals surface area contributed by atoms with Crippen molar-refractivity contribution >= 4 is 17.1 Å². The molecular weight excluding hydrogens is 322 g/mol. The molecule has 0 amide bonds. The molecule has 0 saturated carbocycles.